The van der Waals surface area contributed by atoms with Crippen molar-refractivity contribution in [3.05, 3.63) is 83.2 Å². The number of aryl methyl sites for hydroxylation is 1. The van der Waals surface area contributed by atoms with Gasteiger partial charge in [0.2, 0.25) is 5.91 Å². The molecule has 26 heavy (non-hydrogen) atoms. The Morgan fingerprint density at radius 1 is 1.04 bits per heavy atom. The Hall–Kier alpha value is -3.41. The van der Waals surface area contributed by atoms with Gasteiger partial charge in [-0.2, -0.15) is 5.10 Å². The van der Waals surface area contributed by atoms with E-state index in [1.54, 1.807) is 28.9 Å². The van der Waals surface area contributed by atoms with E-state index < -0.39 is 17.9 Å². The van der Waals surface area contributed by atoms with Crippen molar-refractivity contribution in [3.63, 3.8) is 0 Å². The van der Waals surface area contributed by atoms with Crippen LogP contribution in [0.25, 0.3) is 5.69 Å². The zero-order chi connectivity index (χ0) is 18.7. The molecule has 6 heteroatoms. The van der Waals surface area contributed by atoms with Gasteiger partial charge in [0, 0.05) is 0 Å². The van der Waals surface area contributed by atoms with E-state index >= 15 is 0 Å². The van der Waals surface area contributed by atoms with Gasteiger partial charge in [-0.25, -0.2) is 4.68 Å². The Morgan fingerprint density at radius 2 is 1.69 bits per heavy atom. The number of nitrogens with two attached hydrogens (primary N) is 1. The summed E-state index contributed by atoms with van der Waals surface area (Å²) in [4.78, 5) is 24.5. The molecule has 132 valence electrons. The van der Waals surface area contributed by atoms with E-state index in [1.807, 2.05) is 44.2 Å². The average molecular weight is 348 g/mol. The van der Waals surface area contributed by atoms with Crippen molar-refractivity contribution in [2.45, 2.75) is 19.9 Å². The fraction of sp³-hybridized carbons (Fsp3) is 0.150. The number of para-hydroxylation sites is 1. The van der Waals surface area contributed by atoms with Crippen LogP contribution in [0, 0.1) is 13.8 Å². The van der Waals surface area contributed by atoms with Crippen molar-refractivity contribution in [2.24, 2.45) is 5.73 Å². The molecule has 0 aliphatic rings. The van der Waals surface area contributed by atoms with Crippen LogP contribution in [0.15, 0.2) is 60.8 Å². The summed E-state index contributed by atoms with van der Waals surface area (Å²) in [5, 5.41) is 7.03. The molecule has 0 unspecified atom stereocenters. The molecule has 1 atom stereocenters. The molecule has 3 N–H and O–H groups in total. The zero-order valence-electron chi connectivity index (χ0n) is 14.6. The second-order valence-corrected chi connectivity index (χ2v) is 6.06. The molecule has 0 radical (unpaired) electrons. The molecule has 2 amide bonds. The van der Waals surface area contributed by atoms with Gasteiger partial charge in [0.1, 0.15) is 6.04 Å². The molecule has 0 aliphatic heterocycles. The van der Waals surface area contributed by atoms with Crippen LogP contribution in [0.1, 0.15) is 33.2 Å². The summed E-state index contributed by atoms with van der Waals surface area (Å²) in [7, 11) is 0. The predicted octanol–water partition coefficient (Wildman–Crippen LogP) is 2.45. The second kappa shape index (κ2) is 7.23. The number of nitrogens with one attached hydrogen (secondary N) is 1. The van der Waals surface area contributed by atoms with E-state index in [0.717, 1.165) is 11.3 Å². The molecule has 0 bridgehead atoms. The van der Waals surface area contributed by atoms with E-state index in [0.29, 0.717) is 16.8 Å². The van der Waals surface area contributed by atoms with Gasteiger partial charge >= 0.3 is 0 Å². The first kappa shape index (κ1) is 17.4. The molecule has 0 aliphatic carbocycles. The summed E-state index contributed by atoms with van der Waals surface area (Å²) >= 11 is 0. The molecular weight excluding hydrogens is 328 g/mol. The highest BCUT2D eigenvalue weighted by Gasteiger charge is 2.23. The minimum atomic E-state index is -0.898. The summed E-state index contributed by atoms with van der Waals surface area (Å²) in [5.74, 6) is -1.01. The molecule has 1 heterocycles. The molecule has 6 nitrogen and oxygen atoms in total. The maximum Gasteiger partial charge on any atom is 0.255 e. The number of rotatable bonds is 5. The number of carbonyl (C=O) groups is 2. The smallest absolute Gasteiger partial charge is 0.255 e. The number of amides is 2. The highest BCUT2D eigenvalue weighted by atomic mass is 16.2. The molecule has 0 saturated carbocycles. The second-order valence-electron chi connectivity index (χ2n) is 6.06. The number of carbonyl (C=O) groups excluding carboxylic acids is 2. The molecule has 0 spiro atoms. The molecular formula is C20H20N4O2. The van der Waals surface area contributed by atoms with Crippen molar-refractivity contribution in [3.8, 4) is 5.69 Å². The number of hydrogen-bond acceptors (Lipinski definition) is 3. The molecule has 0 fully saturated rings. The minimum absolute atomic E-state index is 0.394. The average Bonchev–Trinajstić information content (AvgIpc) is 3.02. The maximum absolute atomic E-state index is 12.7. The highest BCUT2D eigenvalue weighted by Crippen LogP contribution is 2.19. The van der Waals surface area contributed by atoms with Crippen LogP contribution < -0.4 is 11.1 Å². The van der Waals surface area contributed by atoms with Gasteiger partial charge in [0.05, 0.1) is 23.1 Å². The van der Waals surface area contributed by atoms with Gasteiger partial charge in [0.15, 0.2) is 0 Å². The van der Waals surface area contributed by atoms with Gasteiger partial charge in [-0.3, -0.25) is 9.59 Å². The molecule has 0 saturated heterocycles. The highest BCUT2D eigenvalue weighted by molar-refractivity contribution is 5.98. The predicted molar refractivity (Wildman–Crippen MR) is 98.9 cm³/mol. The minimum Gasteiger partial charge on any atom is -0.368 e. The third-order valence-electron chi connectivity index (χ3n) is 4.29. The lowest BCUT2D eigenvalue weighted by Crippen LogP contribution is -2.37. The fourth-order valence-corrected chi connectivity index (χ4v) is 2.85. The molecule has 3 rings (SSSR count). The van der Waals surface area contributed by atoms with Gasteiger partial charge in [-0.05, 0) is 31.0 Å². The fourth-order valence-electron chi connectivity index (χ4n) is 2.85. The Kier molecular flexibility index (Phi) is 4.84. The first-order chi connectivity index (χ1) is 12.5. The lowest BCUT2D eigenvalue weighted by atomic mass is 10.1. The number of primary amides is 1. The Morgan fingerprint density at radius 3 is 2.35 bits per heavy atom. The van der Waals surface area contributed by atoms with E-state index in [-0.39, 0.29) is 0 Å². The molecule has 1 aromatic heterocycles. The number of hydrogen-bond donors (Lipinski definition) is 2. The Bertz CT molecular complexity index is 947. The maximum atomic E-state index is 12.7. The van der Waals surface area contributed by atoms with Crippen LogP contribution in [0.5, 0.6) is 0 Å². The monoisotopic (exact) mass is 348 g/mol. The van der Waals surface area contributed by atoms with Crippen LogP contribution in [0.3, 0.4) is 0 Å². The van der Waals surface area contributed by atoms with Crippen LogP contribution in [-0.2, 0) is 4.79 Å². The number of nitrogens with zero attached hydrogens (tertiary/aromatic N) is 2. The van der Waals surface area contributed by atoms with Crippen molar-refractivity contribution in [1.82, 2.24) is 15.1 Å². The summed E-state index contributed by atoms with van der Waals surface area (Å²) in [5.41, 5.74) is 9.15. The number of aromatic nitrogens is 2. The Labute approximate surface area is 151 Å². The lowest BCUT2D eigenvalue weighted by molar-refractivity contribution is -0.120. The van der Waals surface area contributed by atoms with Gasteiger partial charge in [0.25, 0.3) is 5.91 Å². The largest absolute Gasteiger partial charge is 0.368 e. The van der Waals surface area contributed by atoms with Crippen LogP contribution >= 0.6 is 0 Å². The van der Waals surface area contributed by atoms with Gasteiger partial charge in [-0.15, -0.1) is 0 Å². The van der Waals surface area contributed by atoms with Crippen LogP contribution in [-0.4, -0.2) is 21.6 Å². The Balaban J connectivity index is 1.89. The van der Waals surface area contributed by atoms with Crippen LogP contribution in [0.2, 0.25) is 0 Å². The summed E-state index contributed by atoms with van der Waals surface area (Å²) in [6.45, 7) is 3.80. The molecule has 3 aromatic rings. The standard InChI is InChI=1S/C20H20N4O2/c1-13-8-6-7-11-17(13)24-14(2)16(12-22-24)20(26)23-18(19(21)25)15-9-4-3-5-10-15/h3-12,18H,1-2H3,(H2,21,25)(H,23,26)/t18-/m0/s1. The van der Waals surface area contributed by atoms with Crippen molar-refractivity contribution in [2.75, 3.05) is 0 Å². The van der Waals surface area contributed by atoms with Crippen molar-refractivity contribution < 1.29 is 9.59 Å². The first-order valence-corrected chi connectivity index (χ1v) is 8.25. The summed E-state index contributed by atoms with van der Waals surface area (Å²) in [6, 6.07) is 15.8. The normalized spacial score (nSPS) is 11.8. The topological polar surface area (TPSA) is 90.0 Å². The lowest BCUT2D eigenvalue weighted by Gasteiger charge is -2.16. The molecule has 2 aromatic carbocycles. The van der Waals surface area contributed by atoms with E-state index in [2.05, 4.69) is 10.4 Å². The zero-order valence-corrected chi connectivity index (χ0v) is 14.6. The van der Waals surface area contributed by atoms with Gasteiger partial charge in [-0.1, -0.05) is 48.5 Å². The van der Waals surface area contributed by atoms with E-state index in [4.69, 9.17) is 5.73 Å². The van der Waals surface area contributed by atoms with Crippen molar-refractivity contribution >= 4 is 11.8 Å². The third-order valence-corrected chi connectivity index (χ3v) is 4.29. The first-order valence-electron chi connectivity index (χ1n) is 8.25. The van der Waals surface area contributed by atoms with Gasteiger partial charge < -0.3 is 11.1 Å². The van der Waals surface area contributed by atoms with E-state index in [9.17, 15) is 9.59 Å². The van der Waals surface area contributed by atoms with Crippen molar-refractivity contribution in [1.29, 1.82) is 0 Å². The summed E-state index contributed by atoms with van der Waals surface area (Å²) < 4.78 is 1.71. The SMILES string of the molecule is Cc1ccccc1-n1ncc(C(=O)N[C@H](C(N)=O)c2ccccc2)c1C. The third kappa shape index (κ3) is 3.35. The summed E-state index contributed by atoms with van der Waals surface area (Å²) in [6.07, 6.45) is 1.50. The van der Waals surface area contributed by atoms with Crippen LogP contribution in [0.4, 0.5) is 0 Å². The quantitative estimate of drug-likeness (QED) is 0.742. The van der Waals surface area contributed by atoms with E-state index in [1.165, 1.54) is 6.20 Å². The number of benzene rings is 2.